The lowest BCUT2D eigenvalue weighted by atomic mass is 10.0. The van der Waals surface area contributed by atoms with Gasteiger partial charge in [-0.15, -0.1) is 0 Å². The fraction of sp³-hybridized carbons (Fsp3) is 0.360. The van der Waals surface area contributed by atoms with E-state index in [1.807, 2.05) is 30.3 Å². The molecule has 0 radical (unpaired) electrons. The Kier molecular flexibility index (Phi) is 6.27. The lowest BCUT2D eigenvalue weighted by Gasteiger charge is -2.34. The number of hydrogen-bond donors (Lipinski definition) is 0. The average Bonchev–Trinajstić information content (AvgIpc) is 2.88. The fourth-order valence-corrected chi connectivity index (χ4v) is 6.10. The molecule has 3 aromatic rings. The van der Waals surface area contributed by atoms with Gasteiger partial charge in [0.1, 0.15) is 5.82 Å². The second-order valence-corrected chi connectivity index (χ2v) is 10.8. The molecule has 0 amide bonds. The van der Waals surface area contributed by atoms with E-state index in [9.17, 15) is 21.6 Å². The molecular formula is C25H25F3N4O2S. The number of fused-ring (bicyclic) bond motifs is 1. The SMILES string of the molecule is O=S(=O)(c1cccc(C(F)(F)F)c1)N1CCc2nc(-c3ccccc3)nc(N3CCCCC3)c2C1. The number of piperidine rings is 1. The zero-order valence-electron chi connectivity index (χ0n) is 19.0. The summed E-state index contributed by atoms with van der Waals surface area (Å²) in [5.74, 6) is 1.32. The first-order valence-electron chi connectivity index (χ1n) is 11.6. The minimum Gasteiger partial charge on any atom is -0.356 e. The van der Waals surface area contributed by atoms with Crippen LogP contribution in [-0.4, -0.2) is 42.3 Å². The number of sulfonamides is 1. The highest BCUT2D eigenvalue weighted by Gasteiger charge is 2.35. The minimum atomic E-state index is -4.62. The molecule has 5 rings (SSSR count). The van der Waals surface area contributed by atoms with E-state index in [4.69, 9.17) is 9.97 Å². The molecule has 0 aliphatic carbocycles. The van der Waals surface area contributed by atoms with Gasteiger partial charge in [0.2, 0.25) is 10.0 Å². The molecule has 10 heteroatoms. The number of alkyl halides is 3. The first-order chi connectivity index (χ1) is 16.7. The van der Waals surface area contributed by atoms with Crippen LogP contribution in [0.4, 0.5) is 19.0 Å². The van der Waals surface area contributed by atoms with E-state index in [0.29, 0.717) is 18.3 Å². The highest BCUT2D eigenvalue weighted by Crippen LogP contribution is 2.35. The predicted octanol–water partition coefficient (Wildman–Crippen LogP) is 4.90. The van der Waals surface area contributed by atoms with Gasteiger partial charge < -0.3 is 4.90 Å². The van der Waals surface area contributed by atoms with Crippen molar-refractivity contribution in [2.45, 2.75) is 43.3 Å². The second-order valence-electron chi connectivity index (χ2n) is 8.82. The van der Waals surface area contributed by atoms with Crippen LogP contribution in [0.3, 0.4) is 0 Å². The maximum absolute atomic E-state index is 13.4. The average molecular weight is 503 g/mol. The molecule has 0 atom stereocenters. The summed E-state index contributed by atoms with van der Waals surface area (Å²) < 4.78 is 67.6. The Balaban J connectivity index is 1.54. The lowest BCUT2D eigenvalue weighted by Crippen LogP contribution is -2.39. The van der Waals surface area contributed by atoms with Crippen LogP contribution in [0.25, 0.3) is 11.4 Å². The largest absolute Gasteiger partial charge is 0.416 e. The molecule has 2 aliphatic rings. The molecule has 2 aromatic carbocycles. The van der Waals surface area contributed by atoms with E-state index >= 15 is 0 Å². The smallest absolute Gasteiger partial charge is 0.356 e. The van der Waals surface area contributed by atoms with Crippen LogP contribution in [0.15, 0.2) is 59.5 Å². The normalized spacial score (nSPS) is 17.3. The molecule has 0 bridgehead atoms. The summed E-state index contributed by atoms with van der Waals surface area (Å²) in [6, 6.07) is 13.5. The molecule has 0 unspecified atom stereocenters. The Hall–Kier alpha value is -2.98. The highest BCUT2D eigenvalue weighted by molar-refractivity contribution is 7.89. The second kappa shape index (κ2) is 9.23. The van der Waals surface area contributed by atoms with E-state index in [1.165, 1.54) is 10.4 Å². The van der Waals surface area contributed by atoms with Crippen molar-refractivity contribution in [3.8, 4) is 11.4 Å². The summed E-state index contributed by atoms with van der Waals surface area (Å²) in [6.07, 6.45) is -1.09. The van der Waals surface area contributed by atoms with Gasteiger partial charge in [-0.3, -0.25) is 0 Å². The number of benzene rings is 2. The van der Waals surface area contributed by atoms with E-state index in [2.05, 4.69) is 4.90 Å². The van der Waals surface area contributed by atoms with Crippen LogP contribution in [0, 0.1) is 0 Å². The summed E-state index contributed by atoms with van der Waals surface area (Å²) in [5, 5.41) is 0. The molecular weight excluding hydrogens is 477 g/mol. The third-order valence-electron chi connectivity index (χ3n) is 6.49. The number of rotatable bonds is 4. The topological polar surface area (TPSA) is 66.4 Å². The number of anilines is 1. The molecule has 0 N–H and O–H groups in total. The van der Waals surface area contributed by atoms with Crippen molar-refractivity contribution in [1.29, 1.82) is 0 Å². The molecule has 0 spiro atoms. The molecule has 1 aromatic heterocycles. The van der Waals surface area contributed by atoms with Crippen LogP contribution in [0.5, 0.6) is 0 Å². The Bertz CT molecular complexity index is 1320. The van der Waals surface area contributed by atoms with Gasteiger partial charge in [-0.1, -0.05) is 36.4 Å². The van der Waals surface area contributed by atoms with Gasteiger partial charge in [0.25, 0.3) is 0 Å². The third-order valence-corrected chi connectivity index (χ3v) is 8.33. The zero-order valence-corrected chi connectivity index (χ0v) is 19.8. The van der Waals surface area contributed by atoms with Gasteiger partial charge >= 0.3 is 6.18 Å². The number of aromatic nitrogens is 2. The summed E-state index contributed by atoms with van der Waals surface area (Å²) in [7, 11) is -4.14. The zero-order chi connectivity index (χ0) is 24.6. The minimum absolute atomic E-state index is 0.0226. The van der Waals surface area contributed by atoms with Crippen molar-refractivity contribution < 1.29 is 21.6 Å². The number of halogens is 3. The first-order valence-corrected chi connectivity index (χ1v) is 13.0. The third kappa shape index (κ3) is 4.77. The molecule has 6 nitrogen and oxygen atoms in total. The monoisotopic (exact) mass is 502 g/mol. The van der Waals surface area contributed by atoms with Crippen molar-refractivity contribution >= 4 is 15.8 Å². The Morgan fingerprint density at radius 3 is 2.31 bits per heavy atom. The molecule has 2 aliphatic heterocycles. The summed E-state index contributed by atoms with van der Waals surface area (Å²) in [5.41, 5.74) is 1.41. The Morgan fingerprint density at radius 2 is 1.60 bits per heavy atom. The maximum atomic E-state index is 13.4. The van der Waals surface area contributed by atoms with E-state index < -0.39 is 21.8 Å². The van der Waals surface area contributed by atoms with Gasteiger partial charge in [-0.25, -0.2) is 18.4 Å². The summed E-state index contributed by atoms with van der Waals surface area (Å²) in [6.45, 7) is 1.79. The summed E-state index contributed by atoms with van der Waals surface area (Å²) in [4.78, 5) is 11.4. The quantitative estimate of drug-likeness (QED) is 0.508. The highest BCUT2D eigenvalue weighted by atomic mass is 32.2. The molecule has 1 fully saturated rings. The van der Waals surface area contributed by atoms with Crippen LogP contribution in [0.1, 0.15) is 36.1 Å². The Labute approximate surface area is 202 Å². The lowest BCUT2D eigenvalue weighted by molar-refractivity contribution is -0.137. The molecule has 35 heavy (non-hydrogen) atoms. The molecule has 0 saturated carbocycles. The van der Waals surface area contributed by atoms with E-state index in [-0.39, 0.29) is 18.0 Å². The van der Waals surface area contributed by atoms with Gasteiger partial charge in [0, 0.05) is 43.7 Å². The van der Waals surface area contributed by atoms with Gasteiger partial charge in [-0.05, 0) is 37.5 Å². The van der Waals surface area contributed by atoms with Crippen LogP contribution >= 0.6 is 0 Å². The number of hydrogen-bond acceptors (Lipinski definition) is 5. The van der Waals surface area contributed by atoms with Gasteiger partial charge in [-0.2, -0.15) is 17.5 Å². The van der Waals surface area contributed by atoms with Crippen molar-refractivity contribution in [2.24, 2.45) is 0 Å². The first kappa shape index (κ1) is 23.7. The van der Waals surface area contributed by atoms with Crippen molar-refractivity contribution in [3.05, 3.63) is 71.4 Å². The van der Waals surface area contributed by atoms with Gasteiger partial charge in [0.05, 0.1) is 16.2 Å². The van der Waals surface area contributed by atoms with E-state index in [1.54, 1.807) is 0 Å². The molecule has 3 heterocycles. The molecule has 184 valence electrons. The van der Waals surface area contributed by atoms with Crippen molar-refractivity contribution in [2.75, 3.05) is 24.5 Å². The van der Waals surface area contributed by atoms with Crippen molar-refractivity contribution in [3.63, 3.8) is 0 Å². The van der Waals surface area contributed by atoms with Gasteiger partial charge in [0.15, 0.2) is 5.82 Å². The Morgan fingerprint density at radius 1 is 0.857 bits per heavy atom. The van der Waals surface area contributed by atoms with Crippen LogP contribution in [0.2, 0.25) is 0 Å². The molecule has 1 saturated heterocycles. The number of nitrogens with zero attached hydrogens (tertiary/aromatic N) is 4. The maximum Gasteiger partial charge on any atom is 0.416 e. The summed E-state index contributed by atoms with van der Waals surface area (Å²) >= 11 is 0. The van der Waals surface area contributed by atoms with E-state index in [0.717, 1.165) is 67.1 Å². The predicted molar refractivity (Wildman–Crippen MR) is 126 cm³/mol. The standard InChI is InChI=1S/C25H25F3N4O2S/c26-25(27,28)19-10-7-11-20(16-19)35(33,34)32-15-12-22-21(17-32)24(31-13-5-2-6-14-31)30-23(29-22)18-8-3-1-4-9-18/h1,3-4,7-11,16H,2,5-6,12-15,17H2. The van der Waals surface area contributed by atoms with Crippen molar-refractivity contribution in [1.82, 2.24) is 14.3 Å². The van der Waals surface area contributed by atoms with Crippen LogP contribution in [-0.2, 0) is 29.2 Å². The fourth-order valence-electron chi connectivity index (χ4n) is 4.64. The van der Waals surface area contributed by atoms with Crippen LogP contribution < -0.4 is 4.90 Å².